The Balaban J connectivity index is 2.17. The van der Waals surface area contributed by atoms with Gasteiger partial charge in [0.2, 0.25) is 10.2 Å². The van der Waals surface area contributed by atoms with Crippen molar-refractivity contribution in [3.05, 3.63) is 29.8 Å². The van der Waals surface area contributed by atoms with Crippen LogP contribution in [0.15, 0.2) is 24.3 Å². The van der Waals surface area contributed by atoms with Crippen LogP contribution >= 0.6 is 34.8 Å². The van der Waals surface area contributed by atoms with Crippen LogP contribution in [0, 0.1) is 0 Å². The number of nitrogens with zero attached hydrogens (tertiary/aromatic N) is 1. The maximum atomic E-state index is 13.4. The van der Waals surface area contributed by atoms with Crippen molar-refractivity contribution < 1.29 is 9.13 Å². The average molecular weight is 356 g/mol. The van der Waals surface area contributed by atoms with Gasteiger partial charge in [-0.3, -0.25) is 0 Å². The van der Waals surface area contributed by atoms with Gasteiger partial charge < -0.3 is 15.0 Å². The smallest absolute Gasteiger partial charge is 0.216 e. The monoisotopic (exact) mass is 354 g/mol. The topological polar surface area (TPSA) is 24.5 Å². The van der Waals surface area contributed by atoms with Gasteiger partial charge in [-0.15, -0.1) is 0 Å². The number of alkyl halides is 4. The maximum absolute atomic E-state index is 13.4. The molecule has 21 heavy (non-hydrogen) atoms. The molecule has 2 unspecified atom stereocenters. The summed E-state index contributed by atoms with van der Waals surface area (Å²) in [4.78, 5) is 2.01. The lowest BCUT2D eigenvalue weighted by Crippen LogP contribution is -2.52. The molecule has 0 amide bonds. The molecule has 0 saturated carbocycles. The molecule has 0 spiro atoms. The molecule has 118 valence electrons. The summed E-state index contributed by atoms with van der Waals surface area (Å²) in [7, 11) is 0. The Hall–Kier alpha value is -0.260. The minimum Gasteiger partial charge on any atom is -0.345 e. The molecular weight excluding hydrogens is 338 g/mol. The quantitative estimate of drug-likeness (QED) is 0.827. The summed E-state index contributed by atoms with van der Waals surface area (Å²) < 4.78 is 17.3. The molecule has 2 rings (SSSR count). The van der Waals surface area contributed by atoms with Gasteiger partial charge in [0, 0.05) is 24.3 Å². The van der Waals surface area contributed by atoms with E-state index in [4.69, 9.17) is 39.5 Å². The minimum atomic E-state index is -1.44. The van der Waals surface area contributed by atoms with Gasteiger partial charge in [-0.05, 0) is 18.6 Å². The fourth-order valence-corrected chi connectivity index (χ4v) is 2.67. The van der Waals surface area contributed by atoms with E-state index >= 15 is 0 Å². The van der Waals surface area contributed by atoms with Gasteiger partial charge in [0.1, 0.15) is 6.23 Å². The third-order valence-corrected chi connectivity index (χ3v) is 3.92. The molecule has 1 fully saturated rings. The average Bonchev–Trinajstić information content (AvgIpc) is 2.44. The predicted molar refractivity (Wildman–Crippen MR) is 86.0 cm³/mol. The predicted octanol–water partition coefficient (Wildman–Crippen LogP) is 3.97. The van der Waals surface area contributed by atoms with Crippen LogP contribution in [0.5, 0.6) is 0 Å². The summed E-state index contributed by atoms with van der Waals surface area (Å²) in [6.07, 6.45) is -0.709. The van der Waals surface area contributed by atoms with Crippen LogP contribution in [0.2, 0.25) is 0 Å². The van der Waals surface area contributed by atoms with Crippen molar-refractivity contribution >= 4 is 40.5 Å². The SMILES string of the molecule is CCCN(c1ccc(C(Cl)(Cl)Cl)cc1)C1CNCC(F)O1. The summed E-state index contributed by atoms with van der Waals surface area (Å²) in [5.74, 6) is 0. The fraction of sp³-hybridized carbons (Fsp3) is 0.571. The highest BCUT2D eigenvalue weighted by Crippen LogP contribution is 2.38. The zero-order valence-corrected chi connectivity index (χ0v) is 13.9. The van der Waals surface area contributed by atoms with Gasteiger partial charge in [-0.1, -0.05) is 53.9 Å². The molecule has 1 aromatic carbocycles. The number of nitrogens with one attached hydrogen (secondary N) is 1. The second-order valence-electron chi connectivity index (χ2n) is 4.90. The second kappa shape index (κ2) is 7.34. The third-order valence-electron chi connectivity index (χ3n) is 3.27. The number of hydrogen-bond donors (Lipinski definition) is 1. The maximum Gasteiger partial charge on any atom is 0.216 e. The first-order valence-electron chi connectivity index (χ1n) is 6.86. The first-order chi connectivity index (χ1) is 9.91. The van der Waals surface area contributed by atoms with E-state index in [9.17, 15) is 4.39 Å². The Morgan fingerprint density at radius 1 is 1.29 bits per heavy atom. The third kappa shape index (κ3) is 4.60. The second-order valence-corrected chi connectivity index (χ2v) is 7.18. The molecule has 1 aromatic rings. The molecule has 0 aliphatic carbocycles. The molecule has 1 aliphatic heterocycles. The molecular formula is C14H18Cl3FN2O. The van der Waals surface area contributed by atoms with Gasteiger partial charge in [0.05, 0.1) is 6.54 Å². The first kappa shape index (κ1) is 17.1. The zero-order valence-electron chi connectivity index (χ0n) is 11.7. The summed E-state index contributed by atoms with van der Waals surface area (Å²) in [6.45, 7) is 3.62. The van der Waals surface area contributed by atoms with Gasteiger partial charge in [0.15, 0.2) is 0 Å². The molecule has 1 heterocycles. The van der Waals surface area contributed by atoms with Crippen molar-refractivity contribution in [1.82, 2.24) is 5.32 Å². The summed E-state index contributed by atoms with van der Waals surface area (Å²) >= 11 is 17.6. The van der Waals surface area contributed by atoms with Gasteiger partial charge in [-0.25, -0.2) is 4.39 Å². The van der Waals surface area contributed by atoms with Crippen LogP contribution < -0.4 is 10.2 Å². The van der Waals surface area contributed by atoms with E-state index in [-0.39, 0.29) is 12.8 Å². The molecule has 3 nitrogen and oxygen atoms in total. The van der Waals surface area contributed by atoms with Gasteiger partial charge in [0.25, 0.3) is 0 Å². The number of rotatable bonds is 4. The Kier molecular flexibility index (Phi) is 5.97. The molecule has 0 aromatic heterocycles. The van der Waals surface area contributed by atoms with Crippen LogP contribution in [0.4, 0.5) is 10.1 Å². The molecule has 0 radical (unpaired) electrons. The number of morpholine rings is 1. The van der Waals surface area contributed by atoms with Crippen LogP contribution in [-0.2, 0) is 8.53 Å². The van der Waals surface area contributed by atoms with E-state index in [1.165, 1.54) is 0 Å². The van der Waals surface area contributed by atoms with Crippen molar-refractivity contribution in [1.29, 1.82) is 0 Å². The lowest BCUT2D eigenvalue weighted by Gasteiger charge is -2.37. The normalized spacial score (nSPS) is 23.1. The lowest BCUT2D eigenvalue weighted by molar-refractivity contribution is -0.105. The van der Waals surface area contributed by atoms with E-state index in [2.05, 4.69) is 12.2 Å². The number of benzene rings is 1. The van der Waals surface area contributed by atoms with Crippen molar-refractivity contribution in [3.8, 4) is 0 Å². The summed E-state index contributed by atoms with van der Waals surface area (Å²) in [5.41, 5.74) is 1.51. The zero-order chi connectivity index (χ0) is 15.5. The number of anilines is 1. The number of hydrogen-bond acceptors (Lipinski definition) is 3. The number of halogens is 4. The first-order valence-corrected chi connectivity index (χ1v) is 7.99. The highest BCUT2D eigenvalue weighted by atomic mass is 35.6. The van der Waals surface area contributed by atoms with E-state index in [1.54, 1.807) is 12.1 Å². The van der Waals surface area contributed by atoms with Crippen molar-refractivity contribution in [2.24, 2.45) is 0 Å². The molecule has 1 N–H and O–H groups in total. The van der Waals surface area contributed by atoms with Crippen LogP contribution in [0.3, 0.4) is 0 Å². The van der Waals surface area contributed by atoms with Gasteiger partial charge >= 0.3 is 0 Å². The molecule has 2 atom stereocenters. The van der Waals surface area contributed by atoms with Crippen LogP contribution in [0.1, 0.15) is 18.9 Å². The van der Waals surface area contributed by atoms with E-state index in [1.807, 2.05) is 17.0 Å². The largest absolute Gasteiger partial charge is 0.345 e. The standard InChI is InChI=1S/C14H18Cl3FN2O/c1-2-7-20(13-9-19-8-12(18)21-13)11-5-3-10(4-6-11)14(15,16)17/h3-6,12-13,19H,2,7-9H2,1H3. The van der Waals surface area contributed by atoms with Gasteiger partial charge in [-0.2, -0.15) is 0 Å². The van der Waals surface area contributed by atoms with E-state index < -0.39 is 10.2 Å². The van der Waals surface area contributed by atoms with Crippen molar-refractivity contribution in [3.63, 3.8) is 0 Å². The molecule has 0 bridgehead atoms. The Labute approximate surface area is 139 Å². The van der Waals surface area contributed by atoms with Crippen LogP contribution in [-0.4, -0.2) is 32.2 Å². The molecule has 1 aliphatic rings. The van der Waals surface area contributed by atoms with E-state index in [0.717, 1.165) is 18.7 Å². The highest BCUT2D eigenvalue weighted by molar-refractivity contribution is 6.66. The molecule has 1 saturated heterocycles. The Morgan fingerprint density at radius 2 is 1.95 bits per heavy atom. The minimum absolute atomic E-state index is 0.225. The fourth-order valence-electron chi connectivity index (χ4n) is 2.29. The van der Waals surface area contributed by atoms with Crippen molar-refractivity contribution in [2.75, 3.05) is 24.5 Å². The molecule has 7 heteroatoms. The van der Waals surface area contributed by atoms with E-state index in [0.29, 0.717) is 12.1 Å². The summed E-state index contributed by atoms with van der Waals surface area (Å²) in [6, 6.07) is 7.23. The van der Waals surface area contributed by atoms with Crippen molar-refractivity contribution in [2.45, 2.75) is 29.7 Å². The summed E-state index contributed by atoms with van der Waals surface area (Å²) in [5, 5.41) is 3.02. The Morgan fingerprint density at radius 3 is 2.48 bits per heavy atom. The Bertz CT molecular complexity index is 453. The number of ether oxygens (including phenoxy) is 1. The lowest BCUT2D eigenvalue weighted by atomic mass is 10.2. The van der Waals surface area contributed by atoms with Crippen LogP contribution in [0.25, 0.3) is 0 Å². The highest BCUT2D eigenvalue weighted by Gasteiger charge is 2.27.